The van der Waals surface area contributed by atoms with E-state index in [1.807, 2.05) is 40.6 Å². The fraction of sp³-hybridized carbons (Fsp3) is 0.385. The fourth-order valence-corrected chi connectivity index (χ4v) is 3.72. The highest BCUT2D eigenvalue weighted by Crippen LogP contribution is 2.22. The second-order valence-corrected chi connectivity index (χ2v) is 6.64. The first-order valence-electron chi connectivity index (χ1n) is 6.47. The quantitative estimate of drug-likeness (QED) is 0.879. The predicted molar refractivity (Wildman–Crippen MR) is 86.4 cm³/mol. The molecule has 0 bridgehead atoms. The van der Waals surface area contributed by atoms with Crippen LogP contribution in [0.15, 0.2) is 24.3 Å². The Kier molecular flexibility index (Phi) is 4.45. The zero-order valence-corrected chi connectivity index (χ0v) is 13.3. The summed E-state index contributed by atoms with van der Waals surface area (Å²) in [4.78, 5) is 2.40. The highest BCUT2D eigenvalue weighted by Gasteiger charge is 2.16. The average Bonchev–Trinajstić information content (AvgIpc) is 2.82. The highest BCUT2D eigenvalue weighted by molar-refractivity contribution is 7.99. The van der Waals surface area contributed by atoms with Crippen LogP contribution in [0.25, 0.3) is 5.69 Å². The van der Waals surface area contributed by atoms with Gasteiger partial charge in [0.15, 0.2) is 4.77 Å². The van der Waals surface area contributed by atoms with E-state index in [0.29, 0.717) is 9.79 Å². The number of nitrogens with zero attached hydrogens (tertiary/aromatic N) is 3. The number of hydrogen-bond donors (Lipinski definition) is 1. The monoisotopic (exact) mass is 326 g/mol. The van der Waals surface area contributed by atoms with Gasteiger partial charge in [-0.25, -0.2) is 0 Å². The van der Waals surface area contributed by atoms with E-state index in [0.717, 1.165) is 31.1 Å². The molecule has 0 amide bonds. The number of hydrogen-bond acceptors (Lipinski definition) is 4. The van der Waals surface area contributed by atoms with Crippen molar-refractivity contribution in [2.45, 2.75) is 6.54 Å². The highest BCUT2D eigenvalue weighted by atomic mass is 35.5. The van der Waals surface area contributed by atoms with Gasteiger partial charge in [0.05, 0.1) is 17.3 Å². The first-order valence-corrected chi connectivity index (χ1v) is 8.41. The van der Waals surface area contributed by atoms with E-state index in [4.69, 9.17) is 23.8 Å². The van der Waals surface area contributed by atoms with Crippen molar-refractivity contribution in [1.82, 2.24) is 19.7 Å². The summed E-state index contributed by atoms with van der Waals surface area (Å²) in [5.74, 6) is 3.27. The van der Waals surface area contributed by atoms with Gasteiger partial charge in [0.1, 0.15) is 5.82 Å². The summed E-state index contributed by atoms with van der Waals surface area (Å²) in [7, 11) is 0. The van der Waals surface area contributed by atoms with Crippen molar-refractivity contribution in [3.05, 3.63) is 39.9 Å². The van der Waals surface area contributed by atoms with E-state index in [2.05, 4.69) is 15.1 Å². The molecule has 0 saturated carbocycles. The Hall–Kier alpha value is -0.820. The molecule has 1 aliphatic heterocycles. The van der Waals surface area contributed by atoms with Crippen LogP contribution >= 0.6 is 35.6 Å². The van der Waals surface area contributed by atoms with Gasteiger partial charge in [0.2, 0.25) is 0 Å². The van der Waals surface area contributed by atoms with Crippen molar-refractivity contribution >= 4 is 35.6 Å². The van der Waals surface area contributed by atoms with Gasteiger partial charge in [0.25, 0.3) is 0 Å². The third-order valence-electron chi connectivity index (χ3n) is 3.30. The Morgan fingerprint density at radius 3 is 2.80 bits per heavy atom. The lowest BCUT2D eigenvalue weighted by atomic mass is 10.3. The first-order chi connectivity index (χ1) is 9.75. The van der Waals surface area contributed by atoms with E-state index in [-0.39, 0.29) is 0 Å². The molecule has 1 saturated heterocycles. The van der Waals surface area contributed by atoms with Gasteiger partial charge in [-0.3, -0.25) is 14.6 Å². The van der Waals surface area contributed by atoms with Crippen molar-refractivity contribution in [3.8, 4) is 5.69 Å². The fourth-order valence-electron chi connectivity index (χ4n) is 2.28. The molecule has 7 heteroatoms. The van der Waals surface area contributed by atoms with E-state index in [9.17, 15) is 0 Å². The summed E-state index contributed by atoms with van der Waals surface area (Å²) in [6.45, 7) is 2.97. The Morgan fingerprint density at radius 1 is 1.30 bits per heavy atom. The maximum Gasteiger partial charge on any atom is 0.199 e. The number of aromatic amines is 1. The minimum absolute atomic E-state index is 0.583. The third-order valence-corrected chi connectivity index (χ3v) is 4.84. The zero-order valence-electron chi connectivity index (χ0n) is 10.9. The largest absolute Gasteiger partial charge is 0.294 e. The molecule has 0 unspecified atom stereocenters. The van der Waals surface area contributed by atoms with Crippen LogP contribution in [0.4, 0.5) is 0 Å². The van der Waals surface area contributed by atoms with Crippen LogP contribution in [0.3, 0.4) is 0 Å². The number of halogens is 1. The molecule has 4 nitrogen and oxygen atoms in total. The number of thioether (sulfide) groups is 1. The maximum atomic E-state index is 6.28. The lowest BCUT2D eigenvalue weighted by molar-refractivity contribution is 0.285. The number of para-hydroxylation sites is 1. The lowest BCUT2D eigenvalue weighted by Gasteiger charge is -2.25. The van der Waals surface area contributed by atoms with Gasteiger partial charge >= 0.3 is 0 Å². The van der Waals surface area contributed by atoms with Gasteiger partial charge < -0.3 is 0 Å². The van der Waals surface area contributed by atoms with Crippen LogP contribution in [-0.4, -0.2) is 44.3 Å². The number of aromatic nitrogens is 3. The van der Waals surface area contributed by atoms with Crippen LogP contribution in [0.2, 0.25) is 5.02 Å². The van der Waals surface area contributed by atoms with Crippen molar-refractivity contribution in [3.63, 3.8) is 0 Å². The molecule has 2 heterocycles. The molecule has 0 atom stereocenters. The number of nitrogens with one attached hydrogen (secondary N) is 1. The molecule has 1 N–H and O–H groups in total. The molecule has 3 rings (SSSR count). The molecule has 2 aromatic rings. The number of H-pyrrole nitrogens is 1. The SMILES string of the molecule is S=c1[nH]nc(CN2CCSCC2)n1-c1ccccc1Cl. The normalized spacial score (nSPS) is 16.4. The van der Waals surface area contributed by atoms with Crippen LogP contribution in [-0.2, 0) is 6.54 Å². The van der Waals surface area contributed by atoms with E-state index in [1.54, 1.807) is 0 Å². The van der Waals surface area contributed by atoms with Gasteiger partial charge in [0, 0.05) is 24.6 Å². The minimum atomic E-state index is 0.583. The molecule has 0 radical (unpaired) electrons. The first kappa shape index (κ1) is 14.1. The molecular weight excluding hydrogens is 312 g/mol. The van der Waals surface area contributed by atoms with E-state index in [1.165, 1.54) is 11.5 Å². The summed E-state index contributed by atoms with van der Waals surface area (Å²) in [5, 5.41) is 7.92. The van der Waals surface area contributed by atoms with E-state index >= 15 is 0 Å². The Balaban J connectivity index is 1.93. The molecule has 20 heavy (non-hydrogen) atoms. The standard InChI is InChI=1S/C13H15ClN4S2/c14-10-3-1-2-4-11(10)18-12(15-16-13(18)19)9-17-5-7-20-8-6-17/h1-4H,5-9H2,(H,16,19). The molecule has 1 aliphatic rings. The number of rotatable bonds is 3. The second kappa shape index (κ2) is 6.30. The van der Waals surface area contributed by atoms with Crippen LogP contribution < -0.4 is 0 Å². The molecule has 1 aromatic carbocycles. The van der Waals surface area contributed by atoms with Gasteiger partial charge in [-0.2, -0.15) is 16.9 Å². The zero-order chi connectivity index (χ0) is 13.9. The molecule has 106 valence electrons. The van der Waals surface area contributed by atoms with Gasteiger partial charge in [-0.1, -0.05) is 23.7 Å². The summed E-state index contributed by atoms with van der Waals surface area (Å²) in [6, 6.07) is 7.70. The number of benzene rings is 1. The summed E-state index contributed by atoms with van der Waals surface area (Å²) < 4.78 is 2.51. The molecule has 1 aromatic heterocycles. The van der Waals surface area contributed by atoms with Gasteiger partial charge in [-0.05, 0) is 24.4 Å². The van der Waals surface area contributed by atoms with Crippen molar-refractivity contribution in [2.24, 2.45) is 0 Å². The molecule has 1 fully saturated rings. The topological polar surface area (TPSA) is 36.9 Å². The van der Waals surface area contributed by atoms with Crippen LogP contribution in [0.5, 0.6) is 0 Å². The third kappa shape index (κ3) is 2.93. The molecular formula is C13H15ClN4S2. The Labute approximate surface area is 132 Å². The van der Waals surface area contributed by atoms with Crippen LogP contribution in [0.1, 0.15) is 5.82 Å². The summed E-state index contributed by atoms with van der Waals surface area (Å²) >= 11 is 13.6. The van der Waals surface area contributed by atoms with Gasteiger partial charge in [-0.15, -0.1) is 0 Å². The van der Waals surface area contributed by atoms with Crippen molar-refractivity contribution < 1.29 is 0 Å². The van der Waals surface area contributed by atoms with E-state index < -0.39 is 0 Å². The summed E-state index contributed by atoms with van der Waals surface area (Å²) in [6.07, 6.45) is 0. The molecule has 0 spiro atoms. The lowest BCUT2D eigenvalue weighted by Crippen LogP contribution is -2.33. The van der Waals surface area contributed by atoms with Crippen molar-refractivity contribution in [2.75, 3.05) is 24.6 Å². The second-order valence-electron chi connectivity index (χ2n) is 4.62. The average molecular weight is 327 g/mol. The van der Waals surface area contributed by atoms with Crippen molar-refractivity contribution in [1.29, 1.82) is 0 Å². The van der Waals surface area contributed by atoms with Crippen LogP contribution in [0, 0.1) is 4.77 Å². The predicted octanol–water partition coefficient (Wildman–Crippen LogP) is 3.13. The minimum Gasteiger partial charge on any atom is -0.294 e. The Bertz CT molecular complexity index is 646. The maximum absolute atomic E-state index is 6.28. The molecule has 0 aliphatic carbocycles. The smallest absolute Gasteiger partial charge is 0.199 e. The summed E-state index contributed by atoms with van der Waals surface area (Å²) in [5.41, 5.74) is 0.884. The Morgan fingerprint density at radius 2 is 2.05 bits per heavy atom.